The fourth-order valence-electron chi connectivity index (χ4n) is 3.16. The van der Waals surface area contributed by atoms with Crippen molar-refractivity contribution in [2.24, 2.45) is 0 Å². The Kier molecular flexibility index (Phi) is 5.47. The fraction of sp³-hybridized carbons (Fsp3) is 0.238. The average molecular weight is 438 g/mol. The first-order valence-corrected chi connectivity index (χ1v) is 9.63. The van der Waals surface area contributed by atoms with Crippen molar-refractivity contribution in [2.45, 2.75) is 32.2 Å². The van der Waals surface area contributed by atoms with Crippen LogP contribution in [0.3, 0.4) is 0 Å². The van der Waals surface area contributed by atoms with Gasteiger partial charge in [-0.3, -0.25) is 9.67 Å². The molecule has 0 amide bonds. The maximum Gasteiger partial charge on any atom is 0.261 e. The average Bonchev–Trinajstić information content (AvgIpc) is 3.43. The lowest BCUT2D eigenvalue weighted by atomic mass is 9.77. The summed E-state index contributed by atoms with van der Waals surface area (Å²) in [6.07, 6.45) is 5.24. The number of alkyl halides is 2. The monoisotopic (exact) mass is 438 g/mol. The first kappa shape index (κ1) is 21.2. The Morgan fingerprint density at radius 2 is 1.91 bits per heavy atom. The molecule has 0 aliphatic rings. The minimum Gasteiger partial charge on any atom is -0.368 e. The number of nitrogens with two attached hydrogens (primary N) is 1. The molecular formula is C21H20F2N8O. The summed E-state index contributed by atoms with van der Waals surface area (Å²) < 4.78 is 31.7. The van der Waals surface area contributed by atoms with Gasteiger partial charge in [0.15, 0.2) is 5.82 Å². The van der Waals surface area contributed by atoms with Gasteiger partial charge in [0.2, 0.25) is 5.95 Å². The van der Waals surface area contributed by atoms with Gasteiger partial charge in [-0.25, -0.2) is 18.7 Å². The molecule has 0 bridgehead atoms. The van der Waals surface area contributed by atoms with Crippen molar-refractivity contribution >= 4 is 5.95 Å². The molecule has 2 N–H and O–H groups in total. The number of rotatable bonds is 7. The van der Waals surface area contributed by atoms with E-state index in [4.69, 9.17) is 10.3 Å². The number of nitrogens with zero attached hydrogens (tertiary/aromatic N) is 7. The van der Waals surface area contributed by atoms with E-state index in [0.29, 0.717) is 17.1 Å². The summed E-state index contributed by atoms with van der Waals surface area (Å²) in [5, 5.41) is 8.03. The van der Waals surface area contributed by atoms with E-state index in [0.717, 1.165) is 21.4 Å². The van der Waals surface area contributed by atoms with E-state index >= 15 is 0 Å². The van der Waals surface area contributed by atoms with Crippen LogP contribution in [0.1, 0.15) is 25.2 Å². The van der Waals surface area contributed by atoms with Crippen LogP contribution < -0.4 is 5.73 Å². The summed E-state index contributed by atoms with van der Waals surface area (Å²) in [6, 6.07) is 3.73. The van der Waals surface area contributed by atoms with Crippen molar-refractivity contribution in [3.8, 4) is 22.7 Å². The molecule has 11 heteroatoms. The van der Waals surface area contributed by atoms with Crippen LogP contribution in [-0.4, -0.2) is 41.3 Å². The van der Waals surface area contributed by atoms with Gasteiger partial charge in [-0.2, -0.15) is 10.1 Å². The molecule has 4 aromatic heterocycles. The van der Waals surface area contributed by atoms with E-state index in [1.165, 1.54) is 12.4 Å². The second kappa shape index (κ2) is 8.25. The Morgan fingerprint density at radius 3 is 2.53 bits per heavy atom. The van der Waals surface area contributed by atoms with Crippen molar-refractivity contribution in [3.63, 3.8) is 0 Å². The van der Waals surface area contributed by atoms with Gasteiger partial charge in [-0.1, -0.05) is 23.4 Å². The second-order valence-electron chi connectivity index (χ2n) is 7.43. The van der Waals surface area contributed by atoms with E-state index in [9.17, 15) is 8.78 Å². The van der Waals surface area contributed by atoms with Crippen LogP contribution in [0.15, 0.2) is 59.8 Å². The van der Waals surface area contributed by atoms with E-state index in [1.807, 2.05) is 26.0 Å². The molecule has 0 aromatic carbocycles. The molecule has 4 rings (SSSR count). The third-order valence-electron chi connectivity index (χ3n) is 5.24. The Morgan fingerprint density at radius 1 is 1.16 bits per heavy atom. The van der Waals surface area contributed by atoms with Crippen molar-refractivity contribution in [3.05, 3.63) is 66.7 Å². The quantitative estimate of drug-likeness (QED) is 0.435. The largest absolute Gasteiger partial charge is 0.368 e. The smallest absolute Gasteiger partial charge is 0.261 e. The van der Waals surface area contributed by atoms with Crippen LogP contribution in [0.25, 0.3) is 22.7 Å². The van der Waals surface area contributed by atoms with Crippen LogP contribution in [0.5, 0.6) is 0 Å². The summed E-state index contributed by atoms with van der Waals surface area (Å²) in [5.41, 5.74) is 8.15. The minimum absolute atomic E-state index is 0.177. The first-order valence-electron chi connectivity index (χ1n) is 9.63. The maximum absolute atomic E-state index is 12.6. The molecule has 0 aliphatic carbocycles. The van der Waals surface area contributed by atoms with Gasteiger partial charge in [-0.15, -0.1) is 0 Å². The van der Waals surface area contributed by atoms with Gasteiger partial charge < -0.3 is 10.3 Å². The molecule has 4 heterocycles. The lowest BCUT2D eigenvalue weighted by Gasteiger charge is -2.27. The van der Waals surface area contributed by atoms with E-state index in [2.05, 4.69) is 36.8 Å². The number of halogens is 2. The number of allylic oxidation sites excluding steroid dienone is 1. The number of pyridine rings is 1. The lowest BCUT2D eigenvalue weighted by molar-refractivity contribution is 0.122. The summed E-state index contributed by atoms with van der Waals surface area (Å²) in [5.74, 6) is 0.733. The molecule has 0 radical (unpaired) electrons. The highest BCUT2D eigenvalue weighted by atomic mass is 19.3. The molecule has 0 fully saturated rings. The van der Waals surface area contributed by atoms with Crippen LogP contribution in [0.4, 0.5) is 14.7 Å². The minimum atomic E-state index is -2.51. The summed E-state index contributed by atoms with van der Waals surface area (Å²) in [4.78, 5) is 17.0. The van der Waals surface area contributed by atoms with Crippen molar-refractivity contribution in [2.75, 3.05) is 5.73 Å². The number of hydrogen-bond acceptors (Lipinski definition) is 8. The van der Waals surface area contributed by atoms with Crippen molar-refractivity contribution in [1.82, 2.24) is 34.9 Å². The number of aromatic nitrogens is 7. The highest BCUT2D eigenvalue weighted by Gasteiger charge is 2.36. The molecular weight excluding hydrogens is 418 g/mol. The molecule has 0 saturated carbocycles. The Hall–Kier alpha value is -4.02. The Bertz CT molecular complexity index is 1230. The van der Waals surface area contributed by atoms with Gasteiger partial charge >= 0.3 is 0 Å². The second-order valence-corrected chi connectivity index (χ2v) is 7.43. The predicted octanol–water partition coefficient (Wildman–Crippen LogP) is 3.51. The molecule has 0 saturated heterocycles. The molecule has 0 aliphatic heterocycles. The standard InChI is InChI=1S/C21H20F2N8O/c1-12(2)21(3,15-4-5-16(25-9-15)13-6-26-20(24)27-7-13)19-29-18(32-30-19)14-8-28-31(10-14)11-17(22)23/h4-10,17H,1,11H2,2-3H3,(H2,24,26,27)/t21-/m1/s1. The normalized spacial score (nSPS) is 13.3. The fourth-order valence-corrected chi connectivity index (χ4v) is 3.16. The number of hydrogen-bond donors (Lipinski definition) is 1. The highest BCUT2D eigenvalue weighted by molar-refractivity contribution is 5.58. The highest BCUT2D eigenvalue weighted by Crippen LogP contribution is 2.37. The molecule has 164 valence electrons. The zero-order valence-electron chi connectivity index (χ0n) is 17.4. The Labute approximate surface area is 182 Å². The van der Waals surface area contributed by atoms with E-state index < -0.39 is 18.4 Å². The molecule has 1 atom stereocenters. The molecule has 4 aromatic rings. The van der Waals surface area contributed by atoms with Crippen LogP contribution in [0, 0.1) is 0 Å². The Balaban J connectivity index is 1.65. The van der Waals surface area contributed by atoms with Crippen molar-refractivity contribution in [1.29, 1.82) is 0 Å². The summed E-state index contributed by atoms with van der Waals surface area (Å²) >= 11 is 0. The van der Waals surface area contributed by atoms with Gasteiger partial charge in [-0.05, 0) is 25.5 Å². The van der Waals surface area contributed by atoms with Gasteiger partial charge in [0.1, 0.15) is 6.54 Å². The molecule has 0 spiro atoms. The predicted molar refractivity (Wildman–Crippen MR) is 112 cm³/mol. The van der Waals surface area contributed by atoms with Gasteiger partial charge in [0.05, 0.1) is 22.9 Å². The molecule has 9 nitrogen and oxygen atoms in total. The summed E-state index contributed by atoms with van der Waals surface area (Å²) in [7, 11) is 0. The maximum atomic E-state index is 12.6. The molecule has 32 heavy (non-hydrogen) atoms. The number of nitrogen functional groups attached to an aromatic ring is 1. The van der Waals surface area contributed by atoms with E-state index in [1.54, 1.807) is 18.6 Å². The third-order valence-corrected chi connectivity index (χ3v) is 5.24. The van der Waals surface area contributed by atoms with Crippen LogP contribution in [-0.2, 0) is 12.0 Å². The third kappa shape index (κ3) is 3.96. The lowest BCUT2D eigenvalue weighted by Crippen LogP contribution is -2.26. The van der Waals surface area contributed by atoms with E-state index in [-0.39, 0.29) is 11.8 Å². The van der Waals surface area contributed by atoms with Crippen molar-refractivity contribution < 1.29 is 13.3 Å². The first-order chi connectivity index (χ1) is 15.3. The van der Waals surface area contributed by atoms with Gasteiger partial charge in [0, 0.05) is 30.4 Å². The topological polar surface area (TPSA) is 121 Å². The summed E-state index contributed by atoms with van der Waals surface area (Å²) in [6.45, 7) is 7.36. The molecule has 0 unspecified atom stereocenters. The zero-order valence-corrected chi connectivity index (χ0v) is 17.4. The van der Waals surface area contributed by atoms with Crippen LogP contribution in [0.2, 0.25) is 0 Å². The van der Waals surface area contributed by atoms with Gasteiger partial charge in [0.25, 0.3) is 12.3 Å². The zero-order chi connectivity index (χ0) is 22.9. The number of anilines is 1. The SMILES string of the molecule is C=C(C)[C@](C)(c1ccc(-c2cnc(N)nc2)nc1)c1noc(-c2cnn(CC(F)F)c2)n1. The van der Waals surface area contributed by atoms with Crippen LogP contribution >= 0.6 is 0 Å².